The van der Waals surface area contributed by atoms with E-state index in [0.717, 1.165) is 19.3 Å². The van der Waals surface area contributed by atoms with E-state index in [4.69, 9.17) is 10.2 Å². The summed E-state index contributed by atoms with van der Waals surface area (Å²) >= 11 is 0. The zero-order chi connectivity index (χ0) is 7.56. The van der Waals surface area contributed by atoms with E-state index >= 15 is 0 Å². The fourth-order valence-corrected chi connectivity index (χ4v) is 1.75. The Labute approximate surface area is 61.9 Å². The van der Waals surface area contributed by atoms with Gasteiger partial charge in [-0.05, 0) is 18.8 Å². The number of aliphatic hydroxyl groups excluding tert-OH is 1. The Morgan fingerprint density at radius 3 is 2.40 bits per heavy atom. The summed E-state index contributed by atoms with van der Waals surface area (Å²) in [5.74, 6) is 0.823. The van der Waals surface area contributed by atoms with E-state index in [2.05, 4.69) is 6.92 Å². The highest BCUT2D eigenvalue weighted by atomic mass is 16.5. The van der Waals surface area contributed by atoms with Crippen LogP contribution in [0.15, 0.2) is 0 Å². The molecule has 0 aromatic carbocycles. The van der Waals surface area contributed by atoms with Gasteiger partial charge in [-0.25, -0.2) is 0 Å². The number of aliphatic hydroxyl groups is 2. The van der Waals surface area contributed by atoms with Crippen molar-refractivity contribution >= 4 is 0 Å². The molecule has 60 valence electrons. The number of hydrogen-bond acceptors (Lipinski definition) is 2. The van der Waals surface area contributed by atoms with Crippen LogP contribution in [0.4, 0.5) is 0 Å². The predicted molar refractivity (Wildman–Crippen MR) is 39.3 cm³/mol. The summed E-state index contributed by atoms with van der Waals surface area (Å²) < 4.78 is 0. The summed E-state index contributed by atoms with van der Waals surface area (Å²) in [6.07, 6.45) is 3.30. The molecule has 1 rings (SSSR count). The number of hydrogen-bond donors (Lipinski definition) is 2. The quantitative estimate of drug-likeness (QED) is 0.541. The molecule has 0 bridgehead atoms. The van der Waals surface area contributed by atoms with Gasteiger partial charge in [0.2, 0.25) is 0 Å². The molecule has 2 heteroatoms. The first-order valence-electron chi connectivity index (χ1n) is 4.06. The fraction of sp³-hybridized carbons (Fsp3) is 1.00. The van der Waals surface area contributed by atoms with Gasteiger partial charge in [0.25, 0.3) is 0 Å². The van der Waals surface area contributed by atoms with Gasteiger partial charge in [0, 0.05) is 5.92 Å². The van der Waals surface area contributed by atoms with Gasteiger partial charge in [-0.2, -0.15) is 0 Å². The molecular formula is C8H16O2. The van der Waals surface area contributed by atoms with E-state index in [9.17, 15) is 0 Å². The van der Waals surface area contributed by atoms with E-state index in [1.807, 2.05) is 0 Å². The van der Waals surface area contributed by atoms with Crippen LogP contribution in [0, 0.1) is 11.8 Å². The average molecular weight is 144 g/mol. The van der Waals surface area contributed by atoms with Crippen LogP contribution in [0.2, 0.25) is 0 Å². The van der Waals surface area contributed by atoms with Crippen LogP contribution in [0.1, 0.15) is 32.6 Å². The van der Waals surface area contributed by atoms with Crippen molar-refractivity contribution in [2.75, 3.05) is 0 Å². The van der Waals surface area contributed by atoms with E-state index < -0.39 is 6.29 Å². The van der Waals surface area contributed by atoms with Crippen LogP contribution >= 0.6 is 0 Å². The summed E-state index contributed by atoms with van der Waals surface area (Å²) in [5.41, 5.74) is 0. The minimum absolute atomic E-state index is 0.142. The maximum absolute atomic E-state index is 8.85. The molecule has 10 heavy (non-hydrogen) atoms. The SMILES string of the molecule is CC1CCCC(C(O)O)C1. The molecule has 0 saturated heterocycles. The zero-order valence-electron chi connectivity index (χ0n) is 6.45. The normalized spacial score (nSPS) is 34.8. The van der Waals surface area contributed by atoms with Gasteiger partial charge in [-0.15, -0.1) is 0 Å². The molecule has 1 saturated carbocycles. The molecule has 1 fully saturated rings. The number of rotatable bonds is 1. The van der Waals surface area contributed by atoms with Crippen LogP contribution < -0.4 is 0 Å². The third kappa shape index (κ3) is 1.96. The fourth-order valence-electron chi connectivity index (χ4n) is 1.75. The highest BCUT2D eigenvalue weighted by molar-refractivity contribution is 4.71. The molecule has 1 aliphatic rings. The Hall–Kier alpha value is -0.0800. The smallest absolute Gasteiger partial charge is 0.154 e. The van der Waals surface area contributed by atoms with E-state index in [1.165, 1.54) is 6.42 Å². The van der Waals surface area contributed by atoms with Crippen molar-refractivity contribution in [3.05, 3.63) is 0 Å². The molecule has 0 aromatic heterocycles. The van der Waals surface area contributed by atoms with E-state index in [-0.39, 0.29) is 5.92 Å². The molecule has 2 unspecified atom stereocenters. The van der Waals surface area contributed by atoms with Crippen LogP contribution in [-0.2, 0) is 0 Å². The van der Waals surface area contributed by atoms with Gasteiger partial charge in [0.1, 0.15) is 0 Å². The van der Waals surface area contributed by atoms with Gasteiger partial charge < -0.3 is 10.2 Å². The highest BCUT2D eigenvalue weighted by Crippen LogP contribution is 2.29. The van der Waals surface area contributed by atoms with Gasteiger partial charge in [-0.3, -0.25) is 0 Å². The molecule has 2 N–H and O–H groups in total. The lowest BCUT2D eigenvalue weighted by molar-refractivity contribution is -0.0971. The Kier molecular flexibility index (Phi) is 2.69. The zero-order valence-corrected chi connectivity index (χ0v) is 6.45. The predicted octanol–water partition coefficient (Wildman–Crippen LogP) is 1.12. The molecule has 0 radical (unpaired) electrons. The second-order valence-electron chi connectivity index (χ2n) is 3.45. The molecule has 0 aliphatic heterocycles. The molecular weight excluding hydrogens is 128 g/mol. The van der Waals surface area contributed by atoms with Gasteiger partial charge in [-0.1, -0.05) is 19.8 Å². The summed E-state index contributed by atoms with van der Waals surface area (Å²) in [6.45, 7) is 2.18. The van der Waals surface area contributed by atoms with Crippen molar-refractivity contribution in [2.45, 2.75) is 38.9 Å². The standard InChI is InChI=1S/C8H16O2/c1-6-3-2-4-7(5-6)8(9)10/h6-10H,2-5H2,1H3. The summed E-state index contributed by atoms with van der Waals surface area (Å²) in [7, 11) is 0. The monoisotopic (exact) mass is 144 g/mol. The van der Waals surface area contributed by atoms with Crippen LogP contribution in [-0.4, -0.2) is 16.5 Å². The van der Waals surface area contributed by atoms with Crippen LogP contribution in [0.5, 0.6) is 0 Å². The minimum Gasteiger partial charge on any atom is -0.368 e. The second kappa shape index (κ2) is 3.35. The maximum atomic E-state index is 8.85. The largest absolute Gasteiger partial charge is 0.368 e. The second-order valence-corrected chi connectivity index (χ2v) is 3.45. The van der Waals surface area contributed by atoms with Crippen molar-refractivity contribution in [1.29, 1.82) is 0 Å². The minimum atomic E-state index is -1.08. The Morgan fingerprint density at radius 2 is 2.00 bits per heavy atom. The molecule has 0 spiro atoms. The van der Waals surface area contributed by atoms with Crippen LogP contribution in [0.3, 0.4) is 0 Å². The first-order valence-corrected chi connectivity index (χ1v) is 4.06. The van der Waals surface area contributed by atoms with Gasteiger partial charge in [0.05, 0.1) is 0 Å². The lowest BCUT2D eigenvalue weighted by Crippen LogP contribution is -2.25. The highest BCUT2D eigenvalue weighted by Gasteiger charge is 2.23. The Balaban J connectivity index is 2.32. The molecule has 0 aromatic rings. The van der Waals surface area contributed by atoms with Crippen molar-refractivity contribution in [3.8, 4) is 0 Å². The lowest BCUT2D eigenvalue weighted by atomic mass is 9.82. The average Bonchev–Trinajstić information content (AvgIpc) is 1.88. The molecule has 0 amide bonds. The van der Waals surface area contributed by atoms with E-state index in [0.29, 0.717) is 5.92 Å². The first-order chi connectivity index (χ1) is 4.70. The Bertz CT molecular complexity index is 101. The molecule has 0 heterocycles. The molecule has 2 nitrogen and oxygen atoms in total. The Morgan fingerprint density at radius 1 is 1.30 bits per heavy atom. The first kappa shape index (κ1) is 8.02. The summed E-state index contributed by atoms with van der Waals surface area (Å²) in [4.78, 5) is 0. The van der Waals surface area contributed by atoms with Crippen molar-refractivity contribution in [2.24, 2.45) is 11.8 Å². The van der Waals surface area contributed by atoms with Crippen LogP contribution in [0.25, 0.3) is 0 Å². The molecule has 2 atom stereocenters. The maximum Gasteiger partial charge on any atom is 0.154 e. The lowest BCUT2D eigenvalue weighted by Gasteiger charge is -2.27. The van der Waals surface area contributed by atoms with E-state index in [1.54, 1.807) is 0 Å². The van der Waals surface area contributed by atoms with Crippen molar-refractivity contribution in [1.82, 2.24) is 0 Å². The van der Waals surface area contributed by atoms with Gasteiger partial charge >= 0.3 is 0 Å². The third-order valence-corrected chi connectivity index (χ3v) is 2.40. The van der Waals surface area contributed by atoms with Crippen molar-refractivity contribution < 1.29 is 10.2 Å². The third-order valence-electron chi connectivity index (χ3n) is 2.40. The van der Waals surface area contributed by atoms with Gasteiger partial charge in [0.15, 0.2) is 6.29 Å². The molecule has 1 aliphatic carbocycles. The topological polar surface area (TPSA) is 40.5 Å². The summed E-state index contributed by atoms with van der Waals surface area (Å²) in [5, 5.41) is 17.7. The van der Waals surface area contributed by atoms with Crippen molar-refractivity contribution in [3.63, 3.8) is 0 Å². The summed E-state index contributed by atoms with van der Waals surface area (Å²) in [6, 6.07) is 0.